The Balaban J connectivity index is 1.97. The summed E-state index contributed by atoms with van der Waals surface area (Å²) < 4.78 is 11.1. The number of anilines is 1. The fourth-order valence-corrected chi connectivity index (χ4v) is 2.60. The number of aromatic nitrogens is 2. The maximum atomic E-state index is 5.60. The SMILES string of the molecule is CCNc1nc(C(OC)C2CC2)nc2c1COCC2. The first-order chi connectivity index (χ1) is 9.33. The van der Waals surface area contributed by atoms with Crippen LogP contribution in [0.5, 0.6) is 0 Å². The quantitative estimate of drug-likeness (QED) is 0.881. The van der Waals surface area contributed by atoms with Crippen LogP contribution in [-0.2, 0) is 22.5 Å². The third kappa shape index (κ3) is 2.58. The lowest BCUT2D eigenvalue weighted by molar-refractivity contribution is 0.0754. The summed E-state index contributed by atoms with van der Waals surface area (Å²) in [5.74, 6) is 2.35. The van der Waals surface area contributed by atoms with E-state index in [9.17, 15) is 0 Å². The molecule has 2 aliphatic rings. The molecule has 1 N–H and O–H groups in total. The molecule has 19 heavy (non-hydrogen) atoms. The molecule has 1 atom stereocenters. The van der Waals surface area contributed by atoms with Crippen molar-refractivity contribution in [2.24, 2.45) is 5.92 Å². The Morgan fingerprint density at radius 1 is 1.42 bits per heavy atom. The third-order valence-electron chi connectivity index (χ3n) is 3.74. The second kappa shape index (κ2) is 5.43. The molecule has 5 heteroatoms. The van der Waals surface area contributed by atoms with E-state index in [4.69, 9.17) is 14.5 Å². The fraction of sp³-hybridized carbons (Fsp3) is 0.714. The number of ether oxygens (including phenoxy) is 2. The first-order valence-corrected chi connectivity index (χ1v) is 7.07. The summed E-state index contributed by atoms with van der Waals surface area (Å²) in [7, 11) is 1.75. The molecule has 1 aliphatic carbocycles. The highest BCUT2D eigenvalue weighted by Crippen LogP contribution is 2.42. The lowest BCUT2D eigenvalue weighted by atomic mass is 10.1. The van der Waals surface area contributed by atoms with Crippen molar-refractivity contribution < 1.29 is 9.47 Å². The zero-order valence-electron chi connectivity index (χ0n) is 11.6. The van der Waals surface area contributed by atoms with Crippen molar-refractivity contribution >= 4 is 5.82 Å². The molecule has 1 saturated carbocycles. The Kier molecular flexibility index (Phi) is 3.66. The van der Waals surface area contributed by atoms with Crippen LogP contribution >= 0.6 is 0 Å². The molecular formula is C14H21N3O2. The number of nitrogens with zero attached hydrogens (tertiary/aromatic N) is 2. The molecule has 0 spiro atoms. The Hall–Kier alpha value is -1.20. The van der Waals surface area contributed by atoms with E-state index in [-0.39, 0.29) is 6.10 Å². The van der Waals surface area contributed by atoms with Crippen molar-refractivity contribution in [3.63, 3.8) is 0 Å². The molecule has 5 nitrogen and oxygen atoms in total. The van der Waals surface area contributed by atoms with Gasteiger partial charge in [-0.25, -0.2) is 9.97 Å². The molecular weight excluding hydrogens is 242 g/mol. The van der Waals surface area contributed by atoms with E-state index in [2.05, 4.69) is 17.2 Å². The van der Waals surface area contributed by atoms with Crippen LogP contribution in [0.2, 0.25) is 0 Å². The number of hydrogen-bond donors (Lipinski definition) is 1. The van der Waals surface area contributed by atoms with Gasteiger partial charge in [-0.3, -0.25) is 0 Å². The molecule has 1 fully saturated rings. The molecule has 3 rings (SSSR count). The second-order valence-corrected chi connectivity index (χ2v) is 5.18. The molecule has 0 amide bonds. The fourth-order valence-electron chi connectivity index (χ4n) is 2.60. The minimum Gasteiger partial charge on any atom is -0.376 e. The Morgan fingerprint density at radius 3 is 2.95 bits per heavy atom. The number of nitrogens with one attached hydrogen (secondary N) is 1. The van der Waals surface area contributed by atoms with E-state index in [1.807, 2.05) is 0 Å². The van der Waals surface area contributed by atoms with Gasteiger partial charge in [0.25, 0.3) is 0 Å². The molecule has 0 radical (unpaired) electrons. The maximum Gasteiger partial charge on any atom is 0.160 e. The van der Waals surface area contributed by atoms with E-state index in [1.54, 1.807) is 7.11 Å². The molecule has 0 saturated heterocycles. The average Bonchev–Trinajstić information content (AvgIpc) is 3.25. The van der Waals surface area contributed by atoms with Gasteiger partial charge in [-0.15, -0.1) is 0 Å². The average molecular weight is 263 g/mol. The van der Waals surface area contributed by atoms with Crippen LogP contribution in [0.25, 0.3) is 0 Å². The van der Waals surface area contributed by atoms with Gasteiger partial charge in [0.1, 0.15) is 11.9 Å². The number of fused-ring (bicyclic) bond motifs is 1. The lowest BCUT2D eigenvalue weighted by Crippen LogP contribution is -2.20. The summed E-state index contributed by atoms with van der Waals surface area (Å²) in [6.45, 7) is 4.28. The van der Waals surface area contributed by atoms with Crippen molar-refractivity contribution in [1.29, 1.82) is 0 Å². The zero-order valence-corrected chi connectivity index (χ0v) is 11.6. The van der Waals surface area contributed by atoms with Gasteiger partial charge in [0.2, 0.25) is 0 Å². The maximum absolute atomic E-state index is 5.60. The number of hydrogen-bond acceptors (Lipinski definition) is 5. The predicted octanol–water partition coefficient (Wildman–Crippen LogP) is 2.08. The summed E-state index contributed by atoms with van der Waals surface area (Å²) in [5.41, 5.74) is 2.23. The number of rotatable bonds is 5. The minimum atomic E-state index is 0.0468. The summed E-state index contributed by atoms with van der Waals surface area (Å²) in [6, 6.07) is 0. The standard InChI is InChI=1S/C14H21N3O2/c1-3-15-13-10-8-19-7-6-11(10)16-14(17-13)12(18-2)9-4-5-9/h9,12H,3-8H2,1-2H3,(H,15,16,17). The summed E-state index contributed by atoms with van der Waals surface area (Å²) >= 11 is 0. The van der Waals surface area contributed by atoms with E-state index in [0.717, 1.165) is 42.5 Å². The van der Waals surface area contributed by atoms with Crippen molar-refractivity contribution in [3.05, 3.63) is 17.1 Å². The Morgan fingerprint density at radius 2 is 2.26 bits per heavy atom. The molecule has 104 valence electrons. The van der Waals surface area contributed by atoms with Gasteiger partial charge < -0.3 is 14.8 Å². The van der Waals surface area contributed by atoms with Crippen LogP contribution in [0, 0.1) is 5.92 Å². The van der Waals surface area contributed by atoms with Gasteiger partial charge in [-0.05, 0) is 25.7 Å². The Labute approximate surface area is 113 Å². The first-order valence-electron chi connectivity index (χ1n) is 7.07. The van der Waals surface area contributed by atoms with Crippen LogP contribution in [0.1, 0.15) is 43.0 Å². The molecule has 1 aliphatic heterocycles. The van der Waals surface area contributed by atoms with Crippen LogP contribution in [0.3, 0.4) is 0 Å². The van der Waals surface area contributed by atoms with Gasteiger partial charge in [-0.2, -0.15) is 0 Å². The minimum absolute atomic E-state index is 0.0468. The van der Waals surface area contributed by atoms with Crippen LogP contribution in [0.15, 0.2) is 0 Å². The molecule has 1 aromatic rings. The summed E-state index contributed by atoms with van der Waals surface area (Å²) in [6.07, 6.45) is 3.35. The van der Waals surface area contributed by atoms with E-state index >= 15 is 0 Å². The zero-order chi connectivity index (χ0) is 13.2. The largest absolute Gasteiger partial charge is 0.376 e. The van der Waals surface area contributed by atoms with Gasteiger partial charge in [-0.1, -0.05) is 0 Å². The van der Waals surface area contributed by atoms with Crippen molar-refractivity contribution in [2.75, 3.05) is 25.6 Å². The summed E-state index contributed by atoms with van der Waals surface area (Å²) in [5, 5.41) is 3.33. The summed E-state index contributed by atoms with van der Waals surface area (Å²) in [4.78, 5) is 9.41. The smallest absolute Gasteiger partial charge is 0.160 e. The monoisotopic (exact) mass is 263 g/mol. The topological polar surface area (TPSA) is 56.3 Å². The van der Waals surface area contributed by atoms with Gasteiger partial charge >= 0.3 is 0 Å². The molecule has 2 heterocycles. The molecule has 0 aromatic carbocycles. The normalized spacial score (nSPS) is 19.9. The molecule has 0 bridgehead atoms. The highest BCUT2D eigenvalue weighted by atomic mass is 16.5. The van der Waals surface area contributed by atoms with Crippen molar-refractivity contribution in [1.82, 2.24) is 9.97 Å². The first kappa shape index (κ1) is 12.8. The predicted molar refractivity (Wildman–Crippen MR) is 72.0 cm³/mol. The van der Waals surface area contributed by atoms with Gasteiger partial charge in [0, 0.05) is 25.6 Å². The van der Waals surface area contributed by atoms with Gasteiger partial charge in [0.15, 0.2) is 5.82 Å². The second-order valence-electron chi connectivity index (χ2n) is 5.18. The molecule has 1 aromatic heterocycles. The lowest BCUT2D eigenvalue weighted by Gasteiger charge is -2.22. The van der Waals surface area contributed by atoms with E-state index in [1.165, 1.54) is 12.8 Å². The van der Waals surface area contributed by atoms with Crippen LogP contribution in [-0.4, -0.2) is 30.2 Å². The van der Waals surface area contributed by atoms with E-state index < -0.39 is 0 Å². The number of methoxy groups -OCH3 is 1. The van der Waals surface area contributed by atoms with E-state index in [0.29, 0.717) is 12.5 Å². The Bertz CT molecular complexity index is 460. The highest BCUT2D eigenvalue weighted by Gasteiger charge is 2.35. The molecule has 1 unspecified atom stereocenters. The highest BCUT2D eigenvalue weighted by molar-refractivity contribution is 5.47. The third-order valence-corrected chi connectivity index (χ3v) is 3.74. The van der Waals surface area contributed by atoms with Crippen LogP contribution < -0.4 is 5.32 Å². The van der Waals surface area contributed by atoms with Crippen LogP contribution in [0.4, 0.5) is 5.82 Å². The van der Waals surface area contributed by atoms with Crippen molar-refractivity contribution in [2.45, 2.75) is 38.9 Å². The van der Waals surface area contributed by atoms with Gasteiger partial charge in [0.05, 0.1) is 18.9 Å². The van der Waals surface area contributed by atoms with Crippen molar-refractivity contribution in [3.8, 4) is 0 Å².